The van der Waals surface area contributed by atoms with Gasteiger partial charge in [0.2, 0.25) is 0 Å². The van der Waals surface area contributed by atoms with Gasteiger partial charge in [-0.3, -0.25) is 0 Å². The molecule has 0 bridgehead atoms. The molecule has 0 aromatic rings. The molecular formula is C21H44. The normalized spacial score (nSPS) is 14.3. The third-order valence-electron chi connectivity index (χ3n) is 4.99. The van der Waals surface area contributed by atoms with Crippen LogP contribution in [-0.4, -0.2) is 0 Å². The van der Waals surface area contributed by atoms with Crippen LogP contribution in [0.5, 0.6) is 0 Å². The maximum atomic E-state index is 2.37. The van der Waals surface area contributed by atoms with E-state index in [4.69, 9.17) is 0 Å². The number of hydrogen-bond donors (Lipinski definition) is 0. The third kappa shape index (κ3) is 13.4. The van der Waals surface area contributed by atoms with E-state index < -0.39 is 0 Å². The summed E-state index contributed by atoms with van der Waals surface area (Å²) in [6, 6.07) is 0. The van der Waals surface area contributed by atoms with Crippen molar-refractivity contribution in [2.45, 2.75) is 124 Å². The number of unbranched alkanes of at least 4 members (excludes halogenated alkanes) is 6. The highest BCUT2D eigenvalue weighted by molar-refractivity contribution is 4.67. The fourth-order valence-corrected chi connectivity index (χ4v) is 3.77. The van der Waals surface area contributed by atoms with E-state index in [1.54, 1.807) is 0 Å². The Morgan fingerprint density at radius 1 is 0.429 bits per heavy atom. The summed E-state index contributed by atoms with van der Waals surface area (Å²) < 4.78 is 0. The summed E-state index contributed by atoms with van der Waals surface area (Å²) in [6.07, 6.45) is 21.7. The zero-order valence-electron chi connectivity index (χ0n) is 15.8. The molecular weight excluding hydrogens is 252 g/mol. The van der Waals surface area contributed by atoms with Gasteiger partial charge in [-0.25, -0.2) is 0 Å². The molecule has 0 heterocycles. The van der Waals surface area contributed by atoms with Gasteiger partial charge in [-0.15, -0.1) is 0 Å². The summed E-state index contributed by atoms with van der Waals surface area (Å²) in [4.78, 5) is 0. The van der Waals surface area contributed by atoms with E-state index in [2.05, 4.69) is 27.7 Å². The van der Waals surface area contributed by atoms with Crippen LogP contribution in [0.3, 0.4) is 0 Å². The first-order valence-electron chi connectivity index (χ1n) is 10.3. The van der Waals surface area contributed by atoms with Crippen molar-refractivity contribution in [2.75, 3.05) is 0 Å². The minimum atomic E-state index is 1.02. The van der Waals surface area contributed by atoms with Crippen molar-refractivity contribution in [3.63, 3.8) is 0 Å². The molecule has 0 aliphatic heterocycles. The summed E-state index contributed by atoms with van der Waals surface area (Å²) in [5.41, 5.74) is 0. The van der Waals surface area contributed by atoms with Gasteiger partial charge >= 0.3 is 0 Å². The molecule has 0 fully saturated rings. The fourth-order valence-electron chi connectivity index (χ4n) is 3.77. The molecule has 0 rings (SSSR count). The summed E-state index contributed by atoms with van der Waals surface area (Å²) in [5.74, 6) is 2.05. The van der Waals surface area contributed by atoms with E-state index in [1.165, 1.54) is 96.3 Å². The Balaban J connectivity index is 4.04. The van der Waals surface area contributed by atoms with Gasteiger partial charge in [0, 0.05) is 0 Å². The Morgan fingerprint density at radius 3 is 1.19 bits per heavy atom. The lowest BCUT2D eigenvalue weighted by Gasteiger charge is -2.23. The highest BCUT2D eigenvalue weighted by Crippen LogP contribution is 2.29. The largest absolute Gasteiger partial charge is 0.0654 e. The van der Waals surface area contributed by atoms with Crippen LogP contribution in [0.2, 0.25) is 0 Å². The molecule has 0 aliphatic rings. The van der Waals surface area contributed by atoms with E-state index in [-0.39, 0.29) is 0 Å². The lowest BCUT2D eigenvalue weighted by Crippen LogP contribution is -2.10. The molecule has 0 nitrogen and oxygen atoms in total. The molecule has 2 atom stereocenters. The Morgan fingerprint density at radius 2 is 0.857 bits per heavy atom. The molecule has 0 aliphatic carbocycles. The Bertz CT molecular complexity index is 164. The SMILES string of the molecule is CCCCCCC(CCC)CC(CCC)CCCCCC. The van der Waals surface area contributed by atoms with E-state index in [0.717, 1.165) is 11.8 Å². The van der Waals surface area contributed by atoms with Crippen molar-refractivity contribution in [3.8, 4) is 0 Å². The minimum absolute atomic E-state index is 1.02. The zero-order chi connectivity index (χ0) is 15.8. The van der Waals surface area contributed by atoms with Crippen molar-refractivity contribution in [1.29, 1.82) is 0 Å². The average Bonchev–Trinajstić information content (AvgIpc) is 2.48. The Hall–Kier alpha value is 0. The predicted octanol–water partition coefficient (Wildman–Crippen LogP) is 8.15. The second kappa shape index (κ2) is 16.4. The zero-order valence-corrected chi connectivity index (χ0v) is 15.8. The summed E-state index contributed by atoms with van der Waals surface area (Å²) in [7, 11) is 0. The first-order chi connectivity index (χ1) is 10.3. The van der Waals surface area contributed by atoms with Crippen LogP contribution in [-0.2, 0) is 0 Å². The van der Waals surface area contributed by atoms with Crippen molar-refractivity contribution in [1.82, 2.24) is 0 Å². The van der Waals surface area contributed by atoms with Crippen LogP contribution in [0.25, 0.3) is 0 Å². The molecule has 0 saturated carbocycles. The van der Waals surface area contributed by atoms with Gasteiger partial charge in [-0.1, -0.05) is 118 Å². The predicted molar refractivity (Wildman–Crippen MR) is 98.9 cm³/mol. The summed E-state index contributed by atoms with van der Waals surface area (Å²) in [5, 5.41) is 0. The highest BCUT2D eigenvalue weighted by atomic mass is 14.2. The third-order valence-corrected chi connectivity index (χ3v) is 4.99. The average molecular weight is 297 g/mol. The maximum absolute atomic E-state index is 2.37. The van der Waals surface area contributed by atoms with E-state index in [9.17, 15) is 0 Å². The molecule has 0 saturated heterocycles. The second-order valence-corrected chi connectivity index (χ2v) is 7.24. The van der Waals surface area contributed by atoms with Crippen molar-refractivity contribution in [3.05, 3.63) is 0 Å². The van der Waals surface area contributed by atoms with Crippen LogP contribution in [0.4, 0.5) is 0 Å². The molecule has 0 heteroatoms. The lowest BCUT2D eigenvalue weighted by atomic mass is 9.83. The monoisotopic (exact) mass is 296 g/mol. The summed E-state index contributed by atoms with van der Waals surface area (Å²) in [6.45, 7) is 9.37. The van der Waals surface area contributed by atoms with Crippen molar-refractivity contribution < 1.29 is 0 Å². The van der Waals surface area contributed by atoms with Gasteiger partial charge in [0.15, 0.2) is 0 Å². The van der Waals surface area contributed by atoms with Gasteiger partial charge < -0.3 is 0 Å². The first-order valence-corrected chi connectivity index (χ1v) is 10.3. The molecule has 2 unspecified atom stereocenters. The molecule has 128 valence electrons. The van der Waals surface area contributed by atoms with Crippen LogP contribution in [0, 0.1) is 11.8 Å². The van der Waals surface area contributed by atoms with Gasteiger partial charge in [-0.05, 0) is 18.3 Å². The molecule has 0 amide bonds. The second-order valence-electron chi connectivity index (χ2n) is 7.24. The fraction of sp³-hybridized carbons (Fsp3) is 1.00. The summed E-state index contributed by atoms with van der Waals surface area (Å²) >= 11 is 0. The molecule has 0 spiro atoms. The highest BCUT2D eigenvalue weighted by Gasteiger charge is 2.15. The van der Waals surface area contributed by atoms with E-state index in [1.807, 2.05) is 0 Å². The van der Waals surface area contributed by atoms with Gasteiger partial charge in [0.05, 0.1) is 0 Å². The van der Waals surface area contributed by atoms with Crippen molar-refractivity contribution >= 4 is 0 Å². The number of rotatable bonds is 16. The lowest BCUT2D eigenvalue weighted by molar-refractivity contribution is 0.291. The molecule has 21 heavy (non-hydrogen) atoms. The molecule has 0 N–H and O–H groups in total. The maximum Gasteiger partial charge on any atom is -0.0412 e. The van der Waals surface area contributed by atoms with Gasteiger partial charge in [-0.2, -0.15) is 0 Å². The van der Waals surface area contributed by atoms with Crippen LogP contribution in [0.1, 0.15) is 124 Å². The molecule has 0 radical (unpaired) electrons. The van der Waals surface area contributed by atoms with Crippen LogP contribution >= 0.6 is 0 Å². The van der Waals surface area contributed by atoms with Gasteiger partial charge in [0.1, 0.15) is 0 Å². The Labute approximate surface area is 136 Å². The van der Waals surface area contributed by atoms with Crippen molar-refractivity contribution in [2.24, 2.45) is 11.8 Å². The van der Waals surface area contributed by atoms with Gasteiger partial charge in [0.25, 0.3) is 0 Å². The molecule has 0 aromatic carbocycles. The standard InChI is InChI=1S/C21H44/c1-5-9-11-13-17-20(15-7-3)19-21(16-8-4)18-14-12-10-6-2/h20-21H,5-19H2,1-4H3. The minimum Gasteiger partial charge on any atom is -0.0654 e. The van der Waals surface area contributed by atoms with E-state index >= 15 is 0 Å². The quantitative estimate of drug-likeness (QED) is 0.252. The topological polar surface area (TPSA) is 0 Å². The Kier molecular flexibility index (Phi) is 16.4. The van der Waals surface area contributed by atoms with Crippen LogP contribution < -0.4 is 0 Å². The van der Waals surface area contributed by atoms with E-state index in [0.29, 0.717) is 0 Å². The first kappa shape index (κ1) is 21.0. The number of hydrogen-bond acceptors (Lipinski definition) is 0. The van der Waals surface area contributed by atoms with Crippen LogP contribution in [0.15, 0.2) is 0 Å². The molecule has 0 aromatic heterocycles. The smallest absolute Gasteiger partial charge is 0.0412 e.